The van der Waals surface area contributed by atoms with E-state index in [-0.39, 0.29) is 0 Å². The van der Waals surface area contributed by atoms with Crippen molar-refractivity contribution >= 4 is 5.57 Å². The number of hydrogen-bond acceptors (Lipinski definition) is 1. The van der Waals surface area contributed by atoms with Crippen molar-refractivity contribution in [3.05, 3.63) is 72.3 Å². The van der Waals surface area contributed by atoms with Crippen LogP contribution >= 0.6 is 0 Å². The molecule has 1 heteroatoms. The van der Waals surface area contributed by atoms with Gasteiger partial charge in [-0.1, -0.05) is 68.5 Å². The second-order valence-electron chi connectivity index (χ2n) is 5.46. The number of allylic oxidation sites excluding steroid dienone is 1. The minimum absolute atomic E-state index is 0.649. The first-order valence-electron chi connectivity index (χ1n) is 8.02. The minimum Gasteiger partial charge on any atom is -0.494 e. The fraction of sp³-hybridized carbons (Fsp3) is 0.333. The first-order chi connectivity index (χ1) is 10.6. The van der Waals surface area contributed by atoms with Crippen LogP contribution in [-0.2, 0) is 0 Å². The molecule has 1 atom stereocenters. The summed E-state index contributed by atoms with van der Waals surface area (Å²) in [6.07, 6.45) is 1.19. The van der Waals surface area contributed by atoms with Crippen molar-refractivity contribution in [2.75, 3.05) is 6.61 Å². The van der Waals surface area contributed by atoms with Crippen molar-refractivity contribution < 1.29 is 4.74 Å². The SMILES string of the molecule is C=C(C)c1ccccc1.CCOc1ccc(C(C)CC)cc1. The maximum absolute atomic E-state index is 5.37. The van der Waals surface area contributed by atoms with Gasteiger partial charge in [0.05, 0.1) is 6.61 Å². The van der Waals surface area contributed by atoms with Crippen molar-refractivity contribution in [3.63, 3.8) is 0 Å². The van der Waals surface area contributed by atoms with E-state index in [1.165, 1.54) is 17.5 Å². The Labute approximate surface area is 135 Å². The zero-order valence-electron chi connectivity index (χ0n) is 14.3. The molecule has 0 spiro atoms. The van der Waals surface area contributed by atoms with Crippen molar-refractivity contribution in [2.24, 2.45) is 0 Å². The second-order valence-corrected chi connectivity index (χ2v) is 5.46. The van der Waals surface area contributed by atoms with Gasteiger partial charge >= 0.3 is 0 Å². The smallest absolute Gasteiger partial charge is 0.119 e. The molecule has 0 saturated heterocycles. The van der Waals surface area contributed by atoms with Gasteiger partial charge < -0.3 is 4.74 Å². The molecule has 0 amide bonds. The Hall–Kier alpha value is -2.02. The number of benzene rings is 2. The molecule has 2 rings (SSSR count). The van der Waals surface area contributed by atoms with E-state index in [1.807, 2.05) is 44.2 Å². The van der Waals surface area contributed by atoms with Crippen LogP contribution in [0.4, 0.5) is 0 Å². The summed E-state index contributed by atoms with van der Waals surface area (Å²) in [5.74, 6) is 1.62. The highest BCUT2D eigenvalue weighted by atomic mass is 16.5. The second kappa shape index (κ2) is 9.83. The fourth-order valence-electron chi connectivity index (χ4n) is 2.02. The Morgan fingerprint density at radius 2 is 1.59 bits per heavy atom. The molecule has 2 aromatic rings. The van der Waals surface area contributed by atoms with E-state index < -0.39 is 0 Å². The Kier molecular flexibility index (Phi) is 8.06. The third-order valence-electron chi connectivity index (χ3n) is 3.64. The molecule has 0 heterocycles. The van der Waals surface area contributed by atoms with Gasteiger partial charge in [-0.25, -0.2) is 0 Å². The topological polar surface area (TPSA) is 9.23 Å². The molecule has 0 aliphatic heterocycles. The summed E-state index contributed by atoms with van der Waals surface area (Å²) in [7, 11) is 0. The summed E-state index contributed by atoms with van der Waals surface area (Å²) in [6.45, 7) is 13.0. The van der Waals surface area contributed by atoms with Crippen LogP contribution in [0.2, 0.25) is 0 Å². The van der Waals surface area contributed by atoms with Crippen molar-refractivity contribution in [1.29, 1.82) is 0 Å². The number of rotatable bonds is 5. The summed E-state index contributed by atoms with van der Waals surface area (Å²) in [5.41, 5.74) is 3.74. The average molecular weight is 296 g/mol. The maximum atomic E-state index is 5.37. The van der Waals surface area contributed by atoms with Crippen LogP contribution in [0.15, 0.2) is 61.2 Å². The number of ether oxygens (including phenoxy) is 1. The van der Waals surface area contributed by atoms with Crippen molar-refractivity contribution in [3.8, 4) is 5.75 Å². The molecule has 2 aromatic carbocycles. The van der Waals surface area contributed by atoms with E-state index in [4.69, 9.17) is 4.74 Å². The van der Waals surface area contributed by atoms with E-state index in [0.717, 1.165) is 17.9 Å². The standard InChI is InChI=1S/C12H18O.C9H10/c1-4-10(3)11-6-8-12(9-7-11)13-5-2;1-8(2)9-6-4-3-5-7-9/h6-10H,4-5H2,1-3H3;3-7H,1H2,2H3. The Bertz CT molecular complexity index is 540. The predicted octanol–water partition coefficient (Wildman–Crippen LogP) is 6.32. The van der Waals surface area contributed by atoms with Crippen LogP contribution < -0.4 is 4.74 Å². The highest BCUT2D eigenvalue weighted by molar-refractivity contribution is 5.60. The lowest BCUT2D eigenvalue weighted by Crippen LogP contribution is -1.93. The molecule has 0 bridgehead atoms. The largest absolute Gasteiger partial charge is 0.494 e. The van der Waals surface area contributed by atoms with E-state index in [9.17, 15) is 0 Å². The van der Waals surface area contributed by atoms with Gasteiger partial charge in [-0.2, -0.15) is 0 Å². The van der Waals surface area contributed by atoms with Crippen molar-refractivity contribution in [1.82, 2.24) is 0 Å². The molecule has 22 heavy (non-hydrogen) atoms. The minimum atomic E-state index is 0.649. The zero-order chi connectivity index (χ0) is 16.4. The molecule has 0 saturated carbocycles. The molecule has 118 valence electrons. The third-order valence-corrected chi connectivity index (χ3v) is 3.64. The lowest BCUT2D eigenvalue weighted by molar-refractivity contribution is 0.340. The van der Waals surface area contributed by atoms with Gasteiger partial charge in [0.1, 0.15) is 5.75 Å². The van der Waals surface area contributed by atoms with Crippen LogP contribution in [0.5, 0.6) is 5.75 Å². The van der Waals surface area contributed by atoms with E-state index in [0.29, 0.717) is 5.92 Å². The lowest BCUT2D eigenvalue weighted by Gasteiger charge is -2.09. The lowest BCUT2D eigenvalue weighted by atomic mass is 9.99. The molecule has 0 aliphatic carbocycles. The molecule has 0 fully saturated rings. The van der Waals surface area contributed by atoms with Crippen LogP contribution in [0.1, 0.15) is 51.2 Å². The normalized spacial score (nSPS) is 11.1. The summed E-state index contributed by atoms with van der Waals surface area (Å²) in [4.78, 5) is 0. The fourth-order valence-corrected chi connectivity index (χ4v) is 2.02. The van der Waals surface area contributed by atoms with Crippen LogP contribution in [0.3, 0.4) is 0 Å². The first kappa shape index (κ1) is 18.0. The first-order valence-corrected chi connectivity index (χ1v) is 8.02. The molecule has 0 aliphatic rings. The molecule has 0 radical (unpaired) electrons. The molecular formula is C21H28O. The Morgan fingerprint density at radius 1 is 1.00 bits per heavy atom. The molecule has 0 aromatic heterocycles. The van der Waals surface area contributed by atoms with Gasteiger partial charge in [-0.05, 0) is 49.4 Å². The highest BCUT2D eigenvalue weighted by Crippen LogP contribution is 2.21. The Morgan fingerprint density at radius 3 is 2.00 bits per heavy atom. The molecule has 1 unspecified atom stereocenters. The Balaban J connectivity index is 0.000000235. The van der Waals surface area contributed by atoms with Gasteiger partial charge in [0, 0.05) is 0 Å². The zero-order valence-corrected chi connectivity index (χ0v) is 14.3. The van der Waals surface area contributed by atoms with Crippen LogP contribution in [0, 0.1) is 0 Å². The van der Waals surface area contributed by atoms with Crippen molar-refractivity contribution in [2.45, 2.75) is 40.0 Å². The molecule has 0 N–H and O–H groups in total. The van der Waals surface area contributed by atoms with Gasteiger partial charge in [-0.15, -0.1) is 0 Å². The van der Waals surface area contributed by atoms with Gasteiger partial charge in [0.2, 0.25) is 0 Å². The summed E-state index contributed by atoms with van der Waals surface area (Å²) >= 11 is 0. The maximum Gasteiger partial charge on any atom is 0.119 e. The summed E-state index contributed by atoms with van der Waals surface area (Å²) in [5, 5.41) is 0. The molecule has 1 nitrogen and oxygen atoms in total. The van der Waals surface area contributed by atoms with Crippen LogP contribution in [0.25, 0.3) is 5.57 Å². The van der Waals surface area contributed by atoms with Gasteiger partial charge in [0.25, 0.3) is 0 Å². The monoisotopic (exact) mass is 296 g/mol. The van der Waals surface area contributed by atoms with E-state index >= 15 is 0 Å². The average Bonchev–Trinajstić information content (AvgIpc) is 2.56. The number of hydrogen-bond donors (Lipinski definition) is 0. The highest BCUT2D eigenvalue weighted by Gasteiger charge is 2.01. The third kappa shape index (κ3) is 6.17. The van der Waals surface area contributed by atoms with Gasteiger partial charge in [-0.3, -0.25) is 0 Å². The van der Waals surface area contributed by atoms with E-state index in [2.05, 4.69) is 44.7 Å². The summed E-state index contributed by atoms with van der Waals surface area (Å²) in [6, 6.07) is 18.6. The summed E-state index contributed by atoms with van der Waals surface area (Å²) < 4.78 is 5.37. The predicted molar refractivity (Wildman–Crippen MR) is 97.5 cm³/mol. The van der Waals surface area contributed by atoms with Gasteiger partial charge in [0.15, 0.2) is 0 Å². The quantitative estimate of drug-likeness (QED) is 0.627. The van der Waals surface area contributed by atoms with E-state index in [1.54, 1.807) is 0 Å². The molecular weight excluding hydrogens is 268 g/mol. The van der Waals surface area contributed by atoms with Crippen LogP contribution in [-0.4, -0.2) is 6.61 Å².